The highest BCUT2D eigenvalue weighted by atomic mass is 16.4. The van der Waals surface area contributed by atoms with Crippen LogP contribution in [0.15, 0.2) is 173 Å². The molecule has 3 heterocycles. The van der Waals surface area contributed by atoms with Crippen molar-refractivity contribution in [3.63, 3.8) is 0 Å². The average Bonchev–Trinajstić information content (AvgIpc) is 3.80. The number of para-hydroxylation sites is 4. The fourth-order valence-electron chi connectivity index (χ4n) is 6.16. The number of hydrogen-bond acceptors (Lipinski definition) is 5. The summed E-state index contributed by atoms with van der Waals surface area (Å²) < 4.78 is 12.1. The summed E-state index contributed by atoms with van der Waals surface area (Å²) in [6.45, 7) is 0. The van der Waals surface area contributed by atoms with Gasteiger partial charge in [-0.2, -0.15) is 0 Å². The monoisotopic (exact) mass is 617 g/mol. The molecule has 0 fully saturated rings. The second-order valence-corrected chi connectivity index (χ2v) is 11.6. The first kappa shape index (κ1) is 27.7. The Morgan fingerprint density at radius 3 is 1.10 bits per heavy atom. The molecule has 0 saturated heterocycles. The summed E-state index contributed by atoms with van der Waals surface area (Å²) >= 11 is 0. The number of nitrogens with zero attached hydrogens (tertiary/aromatic N) is 3. The van der Waals surface area contributed by atoms with Gasteiger partial charge in [-0.1, -0.05) is 109 Å². The predicted molar refractivity (Wildman–Crippen MR) is 192 cm³/mol. The van der Waals surface area contributed by atoms with E-state index in [1.165, 1.54) is 0 Å². The third-order valence-corrected chi connectivity index (χ3v) is 8.59. The van der Waals surface area contributed by atoms with E-state index in [-0.39, 0.29) is 0 Å². The summed E-state index contributed by atoms with van der Waals surface area (Å²) in [6.07, 6.45) is 0. The lowest BCUT2D eigenvalue weighted by Crippen LogP contribution is -1.97. The van der Waals surface area contributed by atoms with Crippen molar-refractivity contribution in [3.05, 3.63) is 164 Å². The van der Waals surface area contributed by atoms with E-state index in [2.05, 4.69) is 103 Å². The largest absolute Gasteiger partial charge is 0.436 e. The molecule has 48 heavy (non-hydrogen) atoms. The molecule has 0 bridgehead atoms. The molecule has 6 aromatic carbocycles. The first-order chi connectivity index (χ1) is 23.8. The van der Waals surface area contributed by atoms with Crippen LogP contribution in [0.4, 0.5) is 0 Å². The molecular weight excluding hydrogens is 590 g/mol. The van der Waals surface area contributed by atoms with Crippen LogP contribution in [-0.2, 0) is 0 Å². The number of benzene rings is 6. The average molecular weight is 618 g/mol. The molecule has 0 unspecified atom stereocenters. The Balaban J connectivity index is 1.19. The van der Waals surface area contributed by atoms with E-state index in [4.69, 9.17) is 23.8 Å². The van der Waals surface area contributed by atoms with Gasteiger partial charge in [0.25, 0.3) is 0 Å². The Morgan fingerprint density at radius 1 is 0.312 bits per heavy atom. The molecule has 226 valence electrons. The van der Waals surface area contributed by atoms with Gasteiger partial charge in [-0.05, 0) is 65.7 Å². The minimum Gasteiger partial charge on any atom is -0.436 e. The van der Waals surface area contributed by atoms with Crippen LogP contribution in [0.25, 0.3) is 89.9 Å². The van der Waals surface area contributed by atoms with Crippen LogP contribution >= 0.6 is 0 Å². The second-order valence-electron chi connectivity index (χ2n) is 11.6. The minimum atomic E-state index is 0.595. The lowest BCUT2D eigenvalue weighted by molar-refractivity contribution is 0.619. The fourth-order valence-corrected chi connectivity index (χ4v) is 6.16. The lowest BCUT2D eigenvalue weighted by atomic mass is 9.91. The van der Waals surface area contributed by atoms with E-state index >= 15 is 0 Å². The van der Waals surface area contributed by atoms with E-state index in [9.17, 15) is 0 Å². The van der Waals surface area contributed by atoms with Gasteiger partial charge in [-0.25, -0.2) is 15.0 Å². The van der Waals surface area contributed by atoms with Gasteiger partial charge in [-0.15, -0.1) is 0 Å². The summed E-state index contributed by atoms with van der Waals surface area (Å²) in [5.74, 6) is 1.19. The number of rotatable bonds is 6. The predicted octanol–water partition coefficient (Wildman–Crippen LogP) is 11.4. The van der Waals surface area contributed by atoms with E-state index in [0.29, 0.717) is 11.8 Å². The molecule has 0 spiro atoms. The molecule has 0 atom stereocenters. The Bertz CT molecular complexity index is 2290. The quantitative estimate of drug-likeness (QED) is 0.186. The molecule has 0 aliphatic rings. The molecule has 9 rings (SSSR count). The van der Waals surface area contributed by atoms with Crippen molar-refractivity contribution in [2.45, 2.75) is 0 Å². The highest BCUT2D eigenvalue weighted by molar-refractivity contribution is 5.91. The van der Waals surface area contributed by atoms with Crippen LogP contribution in [0.2, 0.25) is 0 Å². The molecule has 5 nitrogen and oxygen atoms in total. The number of hydrogen-bond donors (Lipinski definition) is 0. The first-order valence-electron chi connectivity index (χ1n) is 15.9. The normalized spacial score (nSPS) is 11.3. The molecule has 0 amide bonds. The molecule has 0 N–H and O–H groups in total. The van der Waals surface area contributed by atoms with E-state index in [0.717, 1.165) is 78.1 Å². The van der Waals surface area contributed by atoms with Gasteiger partial charge in [0.05, 0.1) is 11.4 Å². The fraction of sp³-hybridized carbons (Fsp3) is 0. The van der Waals surface area contributed by atoms with E-state index < -0.39 is 0 Å². The van der Waals surface area contributed by atoms with Crippen LogP contribution in [0.3, 0.4) is 0 Å². The maximum atomic E-state index is 6.06. The summed E-state index contributed by atoms with van der Waals surface area (Å²) in [4.78, 5) is 14.9. The first-order valence-corrected chi connectivity index (χ1v) is 15.9. The van der Waals surface area contributed by atoms with Crippen LogP contribution in [-0.4, -0.2) is 15.0 Å². The van der Waals surface area contributed by atoms with Crippen molar-refractivity contribution in [2.24, 2.45) is 0 Å². The van der Waals surface area contributed by atoms with Gasteiger partial charge >= 0.3 is 0 Å². The van der Waals surface area contributed by atoms with Crippen LogP contribution in [0, 0.1) is 0 Å². The highest BCUT2D eigenvalue weighted by Gasteiger charge is 2.19. The van der Waals surface area contributed by atoms with Gasteiger partial charge in [0.1, 0.15) is 11.0 Å². The zero-order valence-corrected chi connectivity index (χ0v) is 25.7. The molecule has 5 heteroatoms. The summed E-state index contributed by atoms with van der Waals surface area (Å²) in [6, 6.07) is 55.4. The maximum absolute atomic E-state index is 6.06. The van der Waals surface area contributed by atoms with Crippen molar-refractivity contribution in [3.8, 4) is 67.7 Å². The van der Waals surface area contributed by atoms with Gasteiger partial charge in [0, 0.05) is 33.4 Å². The molecule has 0 aliphatic carbocycles. The van der Waals surface area contributed by atoms with E-state index in [1.807, 2.05) is 60.7 Å². The van der Waals surface area contributed by atoms with Gasteiger partial charge < -0.3 is 8.83 Å². The lowest BCUT2D eigenvalue weighted by Gasteiger charge is -2.17. The Kier molecular flexibility index (Phi) is 6.72. The Labute approximate surface area is 276 Å². The standard InChI is InChI=1S/C43H27N3O2/c1-3-11-28(12-4-1)34-27-35(29-13-5-2-6-14-29)41(31-21-25-33(26-22-31)43-45-37-16-8-10-18-39(37)48-43)46-40(34)30-19-23-32(24-20-30)42-44-36-15-7-9-17-38(36)47-42/h1-27H. The minimum absolute atomic E-state index is 0.595. The van der Waals surface area contributed by atoms with Crippen molar-refractivity contribution >= 4 is 22.2 Å². The summed E-state index contributed by atoms with van der Waals surface area (Å²) in [5.41, 5.74) is 13.1. The van der Waals surface area contributed by atoms with Gasteiger partial charge in [0.2, 0.25) is 11.8 Å². The Morgan fingerprint density at radius 2 is 0.688 bits per heavy atom. The number of aromatic nitrogens is 3. The molecule has 0 saturated carbocycles. The number of fused-ring (bicyclic) bond motifs is 2. The number of oxazole rings is 2. The van der Waals surface area contributed by atoms with Crippen molar-refractivity contribution in [1.29, 1.82) is 0 Å². The SMILES string of the molecule is c1ccc(-c2cc(-c3ccccc3)c(-c3ccc(-c4nc5ccccc5o4)cc3)nc2-c2ccc(-c3nc4ccccc4o3)cc2)cc1. The molecular formula is C43H27N3O2. The van der Waals surface area contributed by atoms with Crippen LogP contribution < -0.4 is 0 Å². The zero-order valence-electron chi connectivity index (χ0n) is 25.7. The second kappa shape index (κ2) is 11.6. The third-order valence-electron chi connectivity index (χ3n) is 8.59. The molecule has 0 aliphatic heterocycles. The maximum Gasteiger partial charge on any atom is 0.227 e. The van der Waals surface area contributed by atoms with Crippen molar-refractivity contribution in [2.75, 3.05) is 0 Å². The van der Waals surface area contributed by atoms with Gasteiger partial charge in [0.15, 0.2) is 11.2 Å². The Hall–Kier alpha value is -6.59. The van der Waals surface area contributed by atoms with Crippen molar-refractivity contribution < 1.29 is 8.83 Å². The zero-order chi connectivity index (χ0) is 31.9. The molecule has 3 aromatic heterocycles. The number of pyridine rings is 1. The van der Waals surface area contributed by atoms with E-state index in [1.54, 1.807) is 0 Å². The third kappa shape index (κ3) is 5.04. The topological polar surface area (TPSA) is 65.0 Å². The molecule has 9 aromatic rings. The van der Waals surface area contributed by atoms with Crippen LogP contribution in [0.1, 0.15) is 0 Å². The summed E-state index contributed by atoms with van der Waals surface area (Å²) in [5, 5.41) is 0. The van der Waals surface area contributed by atoms with Crippen molar-refractivity contribution in [1.82, 2.24) is 15.0 Å². The van der Waals surface area contributed by atoms with Gasteiger partial charge in [-0.3, -0.25) is 0 Å². The smallest absolute Gasteiger partial charge is 0.227 e. The summed E-state index contributed by atoms with van der Waals surface area (Å²) in [7, 11) is 0. The van der Waals surface area contributed by atoms with Crippen LogP contribution in [0.5, 0.6) is 0 Å². The molecule has 0 radical (unpaired) electrons. The highest BCUT2D eigenvalue weighted by Crippen LogP contribution is 2.40.